The minimum atomic E-state index is 0.322. The van der Waals surface area contributed by atoms with Gasteiger partial charge in [0.25, 0.3) is 0 Å². The molecule has 0 radical (unpaired) electrons. The number of benzene rings is 1. The van der Waals surface area contributed by atoms with Gasteiger partial charge in [0.1, 0.15) is 5.75 Å². The SMILES string of the molecule is CCNC(=NCCc1cccc(O)c1)NC1CCCC(SCC)C1. The van der Waals surface area contributed by atoms with E-state index in [9.17, 15) is 5.11 Å². The van der Waals surface area contributed by atoms with Crippen LogP contribution in [0.2, 0.25) is 0 Å². The van der Waals surface area contributed by atoms with E-state index in [0.29, 0.717) is 11.8 Å². The molecule has 0 aromatic heterocycles. The van der Waals surface area contributed by atoms with Gasteiger partial charge in [-0.1, -0.05) is 25.5 Å². The third-order valence-electron chi connectivity index (χ3n) is 4.29. The van der Waals surface area contributed by atoms with Crippen molar-refractivity contribution in [2.45, 2.75) is 57.2 Å². The van der Waals surface area contributed by atoms with Crippen LogP contribution < -0.4 is 10.6 Å². The molecule has 0 heterocycles. The number of nitrogens with zero attached hydrogens (tertiary/aromatic N) is 1. The van der Waals surface area contributed by atoms with Gasteiger partial charge in [0, 0.05) is 24.4 Å². The van der Waals surface area contributed by atoms with E-state index in [0.717, 1.165) is 36.3 Å². The quantitative estimate of drug-likeness (QED) is 0.520. The molecule has 1 fully saturated rings. The molecule has 1 aromatic carbocycles. The molecule has 24 heavy (non-hydrogen) atoms. The summed E-state index contributed by atoms with van der Waals surface area (Å²) in [5.41, 5.74) is 1.12. The standard InChI is InChI=1S/C19H31N3OS/c1-3-20-19(21-12-11-15-7-5-9-17(23)13-15)22-16-8-6-10-18(14-16)24-4-2/h5,7,9,13,16,18,23H,3-4,6,8,10-12,14H2,1-2H3,(H2,20,21,22). The number of thioether (sulfide) groups is 1. The van der Waals surface area contributed by atoms with Crippen LogP contribution in [-0.4, -0.2) is 41.2 Å². The molecule has 2 unspecified atom stereocenters. The fourth-order valence-electron chi connectivity index (χ4n) is 3.19. The van der Waals surface area contributed by atoms with Crippen LogP contribution in [0.3, 0.4) is 0 Å². The molecule has 1 aliphatic carbocycles. The second-order valence-corrected chi connectivity index (χ2v) is 7.84. The minimum absolute atomic E-state index is 0.322. The Morgan fingerprint density at radius 1 is 1.33 bits per heavy atom. The van der Waals surface area contributed by atoms with Crippen LogP contribution in [0.25, 0.3) is 0 Å². The zero-order chi connectivity index (χ0) is 17.2. The number of aromatic hydroxyl groups is 1. The molecule has 1 aromatic rings. The summed E-state index contributed by atoms with van der Waals surface area (Å²) >= 11 is 2.09. The Hall–Kier alpha value is -1.36. The number of aliphatic imine (C=N–C) groups is 1. The summed E-state index contributed by atoms with van der Waals surface area (Å²) in [4.78, 5) is 4.71. The molecule has 0 aliphatic heterocycles. The molecule has 3 N–H and O–H groups in total. The Balaban J connectivity index is 1.85. The van der Waals surface area contributed by atoms with Crippen molar-refractivity contribution in [1.29, 1.82) is 0 Å². The van der Waals surface area contributed by atoms with E-state index < -0.39 is 0 Å². The number of nitrogens with one attached hydrogen (secondary N) is 2. The van der Waals surface area contributed by atoms with Gasteiger partial charge in [0.2, 0.25) is 0 Å². The van der Waals surface area contributed by atoms with Crippen LogP contribution in [0, 0.1) is 0 Å². The highest BCUT2D eigenvalue weighted by molar-refractivity contribution is 7.99. The van der Waals surface area contributed by atoms with Gasteiger partial charge in [-0.25, -0.2) is 0 Å². The van der Waals surface area contributed by atoms with E-state index in [2.05, 4.69) is 36.2 Å². The highest BCUT2D eigenvalue weighted by Crippen LogP contribution is 2.28. The first-order valence-electron chi connectivity index (χ1n) is 9.15. The Bertz CT molecular complexity index is 519. The summed E-state index contributed by atoms with van der Waals surface area (Å²) in [5, 5.41) is 17.3. The summed E-state index contributed by atoms with van der Waals surface area (Å²) < 4.78 is 0. The van der Waals surface area contributed by atoms with Crippen LogP contribution in [0.15, 0.2) is 29.3 Å². The summed E-state index contributed by atoms with van der Waals surface area (Å²) in [6, 6.07) is 7.95. The van der Waals surface area contributed by atoms with E-state index in [1.165, 1.54) is 31.4 Å². The molecular formula is C19H31N3OS. The van der Waals surface area contributed by atoms with Gasteiger partial charge in [-0.15, -0.1) is 0 Å². The Labute approximate surface area is 150 Å². The fraction of sp³-hybridized carbons (Fsp3) is 0.632. The van der Waals surface area contributed by atoms with Crippen molar-refractivity contribution in [3.63, 3.8) is 0 Å². The van der Waals surface area contributed by atoms with Crippen LogP contribution in [-0.2, 0) is 6.42 Å². The first-order chi connectivity index (χ1) is 11.7. The van der Waals surface area contributed by atoms with Crippen molar-refractivity contribution < 1.29 is 5.11 Å². The second kappa shape index (κ2) is 10.5. The molecule has 134 valence electrons. The number of rotatable bonds is 7. The average Bonchev–Trinajstić information content (AvgIpc) is 2.56. The predicted octanol–water partition coefficient (Wildman–Crippen LogP) is 3.55. The maximum absolute atomic E-state index is 9.53. The van der Waals surface area contributed by atoms with Gasteiger partial charge < -0.3 is 15.7 Å². The van der Waals surface area contributed by atoms with Crippen molar-refractivity contribution in [3.05, 3.63) is 29.8 Å². The lowest BCUT2D eigenvalue weighted by Crippen LogP contribution is -2.45. The maximum Gasteiger partial charge on any atom is 0.191 e. The number of phenolic OH excluding ortho intramolecular Hbond substituents is 1. The smallest absolute Gasteiger partial charge is 0.191 e. The monoisotopic (exact) mass is 349 g/mol. The van der Waals surface area contributed by atoms with Crippen molar-refractivity contribution in [1.82, 2.24) is 10.6 Å². The molecule has 0 spiro atoms. The Kier molecular flexibility index (Phi) is 8.29. The minimum Gasteiger partial charge on any atom is -0.508 e. The van der Waals surface area contributed by atoms with Crippen molar-refractivity contribution in [3.8, 4) is 5.75 Å². The molecular weight excluding hydrogens is 318 g/mol. The normalized spacial score (nSPS) is 21.5. The summed E-state index contributed by atoms with van der Waals surface area (Å²) in [6.45, 7) is 5.94. The van der Waals surface area contributed by atoms with Crippen molar-refractivity contribution in [2.24, 2.45) is 4.99 Å². The Morgan fingerprint density at radius 3 is 2.96 bits per heavy atom. The lowest BCUT2D eigenvalue weighted by Gasteiger charge is -2.30. The molecule has 4 nitrogen and oxygen atoms in total. The van der Waals surface area contributed by atoms with Gasteiger partial charge in [0.15, 0.2) is 5.96 Å². The molecule has 5 heteroatoms. The number of phenols is 1. The lowest BCUT2D eigenvalue weighted by molar-refractivity contribution is 0.419. The van der Waals surface area contributed by atoms with Gasteiger partial charge in [-0.2, -0.15) is 11.8 Å². The molecule has 0 amide bonds. The first-order valence-corrected chi connectivity index (χ1v) is 10.2. The highest BCUT2D eigenvalue weighted by atomic mass is 32.2. The van der Waals surface area contributed by atoms with Gasteiger partial charge in [0.05, 0.1) is 0 Å². The van der Waals surface area contributed by atoms with E-state index in [1.54, 1.807) is 6.07 Å². The topological polar surface area (TPSA) is 56.7 Å². The summed E-state index contributed by atoms with van der Waals surface area (Å²) in [6.07, 6.45) is 5.96. The van der Waals surface area contributed by atoms with Crippen molar-refractivity contribution >= 4 is 17.7 Å². The molecule has 0 saturated heterocycles. The lowest BCUT2D eigenvalue weighted by atomic mass is 9.95. The molecule has 2 atom stereocenters. The summed E-state index contributed by atoms with van der Waals surface area (Å²) in [5.74, 6) is 2.45. The van der Waals surface area contributed by atoms with Gasteiger partial charge in [-0.05, 0) is 56.1 Å². The van der Waals surface area contributed by atoms with Crippen LogP contribution >= 0.6 is 11.8 Å². The van der Waals surface area contributed by atoms with Crippen LogP contribution in [0.1, 0.15) is 45.1 Å². The first kappa shape index (κ1) is 19.0. The van der Waals surface area contributed by atoms with E-state index in [1.807, 2.05) is 18.2 Å². The van der Waals surface area contributed by atoms with Crippen LogP contribution in [0.4, 0.5) is 0 Å². The number of hydrogen-bond donors (Lipinski definition) is 3. The molecule has 0 bridgehead atoms. The summed E-state index contributed by atoms with van der Waals surface area (Å²) in [7, 11) is 0. The highest BCUT2D eigenvalue weighted by Gasteiger charge is 2.22. The fourth-order valence-corrected chi connectivity index (χ4v) is 4.36. The Morgan fingerprint density at radius 2 is 2.21 bits per heavy atom. The van der Waals surface area contributed by atoms with Crippen LogP contribution in [0.5, 0.6) is 5.75 Å². The van der Waals surface area contributed by atoms with E-state index in [4.69, 9.17) is 4.99 Å². The molecule has 2 rings (SSSR count). The number of guanidine groups is 1. The van der Waals surface area contributed by atoms with E-state index >= 15 is 0 Å². The zero-order valence-electron chi connectivity index (χ0n) is 14.9. The molecule has 1 saturated carbocycles. The predicted molar refractivity (Wildman–Crippen MR) is 105 cm³/mol. The van der Waals surface area contributed by atoms with Gasteiger partial charge >= 0.3 is 0 Å². The van der Waals surface area contributed by atoms with E-state index in [-0.39, 0.29) is 0 Å². The second-order valence-electron chi connectivity index (χ2n) is 6.27. The third-order valence-corrected chi connectivity index (χ3v) is 5.53. The molecule has 1 aliphatic rings. The largest absolute Gasteiger partial charge is 0.508 e. The number of hydrogen-bond acceptors (Lipinski definition) is 3. The van der Waals surface area contributed by atoms with Gasteiger partial charge in [-0.3, -0.25) is 4.99 Å². The maximum atomic E-state index is 9.53. The third kappa shape index (κ3) is 6.63. The van der Waals surface area contributed by atoms with Crippen molar-refractivity contribution in [2.75, 3.05) is 18.8 Å². The zero-order valence-corrected chi connectivity index (χ0v) is 15.7. The average molecular weight is 350 g/mol.